The Labute approximate surface area is 164 Å². The summed E-state index contributed by atoms with van der Waals surface area (Å²) in [4.78, 5) is 26.8. The van der Waals surface area contributed by atoms with Crippen molar-refractivity contribution in [1.82, 2.24) is 10.3 Å². The standard InChI is InChI=1S/C19H14ClN5O3/c20-16-4-2-1-3-14(16)19(26)23-8-7-22-18-9-12(11-21)15-10-13(25(27)28)5-6-17(15)24-18/h1-6,9-10H,7-8H2,(H,22,24)(H,23,26). The number of nitriles is 1. The SMILES string of the molecule is N#Cc1cc(NCCNC(=O)c2ccccc2Cl)nc2ccc([N+](=O)[O-])cc12. The van der Waals surface area contributed by atoms with Crippen LogP contribution in [0.3, 0.4) is 0 Å². The Hall–Kier alpha value is -3.70. The number of fused-ring (bicyclic) bond motifs is 1. The van der Waals surface area contributed by atoms with Gasteiger partial charge in [0, 0.05) is 30.6 Å². The van der Waals surface area contributed by atoms with Crippen LogP contribution in [0.5, 0.6) is 0 Å². The van der Waals surface area contributed by atoms with Crippen LogP contribution < -0.4 is 10.6 Å². The van der Waals surface area contributed by atoms with Gasteiger partial charge in [-0.3, -0.25) is 14.9 Å². The number of nitrogens with one attached hydrogen (secondary N) is 2. The van der Waals surface area contributed by atoms with Crippen molar-refractivity contribution in [3.05, 3.63) is 74.8 Å². The molecule has 9 heteroatoms. The fourth-order valence-electron chi connectivity index (χ4n) is 2.62. The normalized spacial score (nSPS) is 10.3. The van der Waals surface area contributed by atoms with E-state index in [4.69, 9.17) is 11.6 Å². The molecule has 3 aromatic rings. The van der Waals surface area contributed by atoms with Crippen molar-refractivity contribution >= 4 is 39.9 Å². The first-order valence-electron chi connectivity index (χ1n) is 8.25. The quantitative estimate of drug-likeness (QED) is 0.374. The molecule has 1 aromatic heterocycles. The number of carbonyl (C=O) groups is 1. The minimum atomic E-state index is -0.519. The van der Waals surface area contributed by atoms with E-state index in [2.05, 4.69) is 15.6 Å². The predicted molar refractivity (Wildman–Crippen MR) is 105 cm³/mol. The van der Waals surface area contributed by atoms with Crippen LogP contribution in [0.25, 0.3) is 10.9 Å². The van der Waals surface area contributed by atoms with Crippen molar-refractivity contribution in [2.45, 2.75) is 0 Å². The number of non-ortho nitro benzene ring substituents is 1. The highest BCUT2D eigenvalue weighted by Gasteiger charge is 2.12. The second kappa shape index (κ2) is 8.33. The lowest BCUT2D eigenvalue weighted by Gasteiger charge is -2.10. The van der Waals surface area contributed by atoms with Gasteiger partial charge in [-0.05, 0) is 24.3 Å². The first kappa shape index (κ1) is 19.1. The average molecular weight is 396 g/mol. The second-order valence-electron chi connectivity index (χ2n) is 5.79. The van der Waals surface area contributed by atoms with Crippen LogP contribution in [-0.2, 0) is 0 Å². The van der Waals surface area contributed by atoms with Gasteiger partial charge < -0.3 is 10.6 Å². The zero-order chi connectivity index (χ0) is 20.1. The molecule has 2 N–H and O–H groups in total. The number of carbonyl (C=O) groups excluding carboxylic acids is 1. The largest absolute Gasteiger partial charge is 0.368 e. The molecular formula is C19H14ClN5O3. The summed E-state index contributed by atoms with van der Waals surface area (Å²) in [5.41, 5.74) is 1.03. The summed E-state index contributed by atoms with van der Waals surface area (Å²) >= 11 is 5.99. The highest BCUT2D eigenvalue weighted by Crippen LogP contribution is 2.24. The van der Waals surface area contributed by atoms with E-state index < -0.39 is 4.92 Å². The van der Waals surface area contributed by atoms with Crippen LogP contribution in [0.4, 0.5) is 11.5 Å². The molecule has 0 fully saturated rings. The number of rotatable bonds is 6. The highest BCUT2D eigenvalue weighted by molar-refractivity contribution is 6.33. The molecule has 140 valence electrons. The lowest BCUT2D eigenvalue weighted by molar-refractivity contribution is -0.384. The van der Waals surface area contributed by atoms with Crippen LogP contribution >= 0.6 is 11.6 Å². The van der Waals surface area contributed by atoms with E-state index in [-0.39, 0.29) is 17.2 Å². The van der Waals surface area contributed by atoms with E-state index in [1.54, 1.807) is 24.3 Å². The van der Waals surface area contributed by atoms with Gasteiger partial charge in [-0.25, -0.2) is 4.98 Å². The molecule has 0 saturated carbocycles. The topological polar surface area (TPSA) is 121 Å². The maximum absolute atomic E-state index is 12.1. The number of amides is 1. The Kier molecular flexibility index (Phi) is 5.67. The Morgan fingerprint density at radius 1 is 1.21 bits per heavy atom. The molecule has 0 aliphatic carbocycles. The Morgan fingerprint density at radius 2 is 2.00 bits per heavy atom. The first-order valence-corrected chi connectivity index (χ1v) is 8.63. The number of nitro groups is 1. The number of hydrogen-bond donors (Lipinski definition) is 2. The fourth-order valence-corrected chi connectivity index (χ4v) is 2.84. The molecule has 1 amide bonds. The van der Waals surface area contributed by atoms with Gasteiger partial charge in [0.15, 0.2) is 0 Å². The lowest BCUT2D eigenvalue weighted by Crippen LogP contribution is -2.29. The van der Waals surface area contributed by atoms with Crippen LogP contribution in [0, 0.1) is 21.4 Å². The summed E-state index contributed by atoms with van der Waals surface area (Å²) in [5.74, 6) is 0.147. The van der Waals surface area contributed by atoms with Gasteiger partial charge in [-0.2, -0.15) is 5.26 Å². The summed E-state index contributed by atoms with van der Waals surface area (Å²) in [6.07, 6.45) is 0. The molecule has 0 aliphatic heterocycles. The monoisotopic (exact) mass is 395 g/mol. The third-order valence-corrected chi connectivity index (χ3v) is 4.29. The van der Waals surface area contributed by atoms with Gasteiger partial charge in [-0.15, -0.1) is 0 Å². The molecule has 8 nitrogen and oxygen atoms in total. The number of benzene rings is 2. The van der Waals surface area contributed by atoms with Gasteiger partial charge in [0.2, 0.25) is 0 Å². The van der Waals surface area contributed by atoms with Crippen molar-refractivity contribution in [3.8, 4) is 6.07 Å². The van der Waals surface area contributed by atoms with Crippen molar-refractivity contribution in [1.29, 1.82) is 5.26 Å². The first-order chi connectivity index (χ1) is 13.5. The number of halogens is 1. The summed E-state index contributed by atoms with van der Waals surface area (Å²) < 4.78 is 0. The Balaban J connectivity index is 1.67. The average Bonchev–Trinajstić information content (AvgIpc) is 2.70. The number of anilines is 1. The number of nitrogens with zero attached hydrogens (tertiary/aromatic N) is 3. The Bertz CT molecular complexity index is 1110. The molecule has 0 aliphatic rings. The minimum Gasteiger partial charge on any atom is -0.368 e. The molecular weight excluding hydrogens is 382 g/mol. The van der Waals surface area contributed by atoms with Crippen molar-refractivity contribution in [2.75, 3.05) is 18.4 Å². The van der Waals surface area contributed by atoms with Crippen LogP contribution in [-0.4, -0.2) is 28.9 Å². The molecule has 2 aromatic carbocycles. The second-order valence-corrected chi connectivity index (χ2v) is 6.20. The minimum absolute atomic E-state index is 0.103. The summed E-state index contributed by atoms with van der Waals surface area (Å²) in [7, 11) is 0. The van der Waals surface area contributed by atoms with Crippen molar-refractivity contribution < 1.29 is 9.72 Å². The van der Waals surface area contributed by atoms with Gasteiger partial charge in [0.05, 0.1) is 32.7 Å². The van der Waals surface area contributed by atoms with Gasteiger partial charge >= 0.3 is 0 Å². The number of pyridine rings is 1. The molecule has 0 atom stereocenters. The fraction of sp³-hybridized carbons (Fsp3) is 0.105. The van der Waals surface area contributed by atoms with Crippen LogP contribution in [0.1, 0.15) is 15.9 Å². The summed E-state index contributed by atoms with van der Waals surface area (Å²) in [6.45, 7) is 0.679. The van der Waals surface area contributed by atoms with Crippen molar-refractivity contribution in [3.63, 3.8) is 0 Å². The predicted octanol–water partition coefficient (Wildman–Crippen LogP) is 3.51. The molecule has 0 spiro atoms. The Morgan fingerprint density at radius 3 is 2.71 bits per heavy atom. The van der Waals surface area contributed by atoms with Crippen LogP contribution in [0.15, 0.2) is 48.5 Å². The van der Waals surface area contributed by atoms with E-state index >= 15 is 0 Å². The number of nitro benzene ring substituents is 1. The van der Waals surface area contributed by atoms with Crippen LogP contribution in [0.2, 0.25) is 5.02 Å². The van der Waals surface area contributed by atoms with E-state index in [0.717, 1.165) is 0 Å². The smallest absolute Gasteiger partial charge is 0.270 e. The van der Waals surface area contributed by atoms with Crippen molar-refractivity contribution in [2.24, 2.45) is 0 Å². The zero-order valence-corrected chi connectivity index (χ0v) is 15.2. The van der Waals surface area contributed by atoms with E-state index in [1.165, 1.54) is 24.3 Å². The van der Waals surface area contributed by atoms with Gasteiger partial charge in [0.25, 0.3) is 11.6 Å². The van der Waals surface area contributed by atoms with Gasteiger partial charge in [-0.1, -0.05) is 23.7 Å². The molecule has 3 rings (SSSR count). The maximum Gasteiger partial charge on any atom is 0.270 e. The van der Waals surface area contributed by atoms with E-state index in [9.17, 15) is 20.2 Å². The summed E-state index contributed by atoms with van der Waals surface area (Å²) in [6, 6.07) is 14.5. The summed E-state index contributed by atoms with van der Waals surface area (Å²) in [5, 5.41) is 26.8. The third-order valence-electron chi connectivity index (χ3n) is 3.96. The van der Waals surface area contributed by atoms with E-state index in [0.29, 0.717) is 40.4 Å². The molecule has 0 bridgehead atoms. The molecule has 28 heavy (non-hydrogen) atoms. The van der Waals surface area contributed by atoms with Gasteiger partial charge in [0.1, 0.15) is 5.82 Å². The highest BCUT2D eigenvalue weighted by atomic mass is 35.5. The lowest BCUT2D eigenvalue weighted by atomic mass is 10.1. The molecule has 0 radical (unpaired) electrons. The molecule has 0 unspecified atom stereocenters. The molecule has 1 heterocycles. The zero-order valence-electron chi connectivity index (χ0n) is 14.5. The van der Waals surface area contributed by atoms with E-state index in [1.807, 2.05) is 6.07 Å². The maximum atomic E-state index is 12.1. The number of hydrogen-bond acceptors (Lipinski definition) is 6. The third kappa shape index (κ3) is 4.16. The molecule has 0 saturated heterocycles. The number of aromatic nitrogens is 1.